The maximum Gasteiger partial charge on any atom is 0.242 e. The highest BCUT2D eigenvalue weighted by Crippen LogP contribution is 2.28. The highest BCUT2D eigenvalue weighted by atomic mass is 32.2. The van der Waals surface area contributed by atoms with E-state index < -0.39 is 15.6 Å². The molecule has 1 aromatic carbocycles. The number of carbonyl (C=O) groups excluding carboxylic acids is 1. The van der Waals surface area contributed by atoms with E-state index in [1.807, 2.05) is 24.3 Å². The zero-order valence-corrected chi connectivity index (χ0v) is 13.9. The SMILES string of the molecule is Cc1noc(C)c1CS(=O)(=O)CC(=O)N1CCc2ccccc21. The standard InChI is InChI=1S/C16H18N2O4S/c1-11-14(12(2)22-17-11)9-23(20,21)10-16(19)18-8-7-13-5-3-4-6-15(13)18/h3-6H,7-10H2,1-2H3. The number of anilines is 1. The second-order valence-corrected chi connectivity index (χ2v) is 7.82. The van der Waals surface area contributed by atoms with Crippen LogP contribution in [-0.2, 0) is 26.8 Å². The minimum absolute atomic E-state index is 0.227. The van der Waals surface area contributed by atoms with E-state index in [9.17, 15) is 13.2 Å². The first-order chi connectivity index (χ1) is 10.9. The van der Waals surface area contributed by atoms with E-state index in [0.29, 0.717) is 23.6 Å². The molecular formula is C16H18N2O4S. The smallest absolute Gasteiger partial charge is 0.242 e. The molecule has 2 heterocycles. The number of aromatic nitrogens is 1. The van der Waals surface area contributed by atoms with Gasteiger partial charge in [-0.2, -0.15) is 0 Å². The second kappa shape index (κ2) is 5.81. The van der Waals surface area contributed by atoms with Crippen LogP contribution in [0.1, 0.15) is 22.6 Å². The number of carbonyl (C=O) groups is 1. The summed E-state index contributed by atoms with van der Waals surface area (Å²) in [6, 6.07) is 7.58. The Bertz CT molecular complexity index is 835. The Balaban J connectivity index is 1.75. The fourth-order valence-corrected chi connectivity index (χ4v) is 4.33. The van der Waals surface area contributed by atoms with Gasteiger partial charge in [0, 0.05) is 17.8 Å². The first-order valence-corrected chi connectivity index (χ1v) is 9.20. The lowest BCUT2D eigenvalue weighted by Gasteiger charge is -2.17. The van der Waals surface area contributed by atoms with Crippen LogP contribution in [0.15, 0.2) is 28.8 Å². The number of fused-ring (bicyclic) bond motifs is 1. The number of sulfone groups is 1. The molecule has 6 nitrogen and oxygen atoms in total. The van der Waals surface area contributed by atoms with Gasteiger partial charge in [-0.05, 0) is 31.9 Å². The molecule has 1 amide bonds. The van der Waals surface area contributed by atoms with Crippen molar-refractivity contribution in [1.29, 1.82) is 0 Å². The number of aryl methyl sites for hydroxylation is 2. The number of nitrogens with zero attached hydrogens (tertiary/aromatic N) is 2. The molecule has 0 unspecified atom stereocenters. The first-order valence-electron chi connectivity index (χ1n) is 7.38. The molecular weight excluding hydrogens is 316 g/mol. The molecule has 0 radical (unpaired) electrons. The maximum absolute atomic E-state index is 12.4. The molecule has 2 aromatic rings. The molecule has 7 heteroatoms. The van der Waals surface area contributed by atoms with E-state index in [2.05, 4.69) is 5.16 Å². The minimum Gasteiger partial charge on any atom is -0.361 e. The maximum atomic E-state index is 12.4. The summed E-state index contributed by atoms with van der Waals surface area (Å²) in [5, 5.41) is 3.75. The summed E-state index contributed by atoms with van der Waals surface area (Å²) < 4.78 is 29.7. The van der Waals surface area contributed by atoms with Crippen LogP contribution in [0.5, 0.6) is 0 Å². The normalized spacial score (nSPS) is 14.1. The van der Waals surface area contributed by atoms with Gasteiger partial charge in [0.15, 0.2) is 9.84 Å². The number of para-hydroxylation sites is 1. The summed E-state index contributed by atoms with van der Waals surface area (Å²) in [5.74, 6) is -0.646. The predicted octanol–water partition coefficient (Wildman–Crippen LogP) is 1.80. The molecule has 0 fully saturated rings. The average molecular weight is 334 g/mol. The molecule has 3 rings (SSSR count). The third-order valence-corrected chi connectivity index (χ3v) is 5.49. The van der Waals surface area contributed by atoms with Crippen molar-refractivity contribution in [3.05, 3.63) is 46.8 Å². The van der Waals surface area contributed by atoms with Crippen molar-refractivity contribution in [2.24, 2.45) is 0 Å². The van der Waals surface area contributed by atoms with Crippen molar-refractivity contribution in [2.45, 2.75) is 26.0 Å². The van der Waals surface area contributed by atoms with E-state index in [1.165, 1.54) is 0 Å². The summed E-state index contributed by atoms with van der Waals surface area (Å²) in [5.41, 5.74) is 2.97. The molecule has 0 bridgehead atoms. The van der Waals surface area contributed by atoms with Crippen molar-refractivity contribution in [3.8, 4) is 0 Å². The minimum atomic E-state index is -3.58. The molecule has 0 spiro atoms. The fraction of sp³-hybridized carbons (Fsp3) is 0.375. The van der Waals surface area contributed by atoms with Crippen LogP contribution in [0.25, 0.3) is 0 Å². The first kappa shape index (κ1) is 15.7. The molecule has 122 valence electrons. The van der Waals surface area contributed by atoms with Gasteiger partial charge in [-0.1, -0.05) is 23.4 Å². The van der Waals surface area contributed by atoms with Crippen LogP contribution in [0.3, 0.4) is 0 Å². The third-order valence-electron chi connectivity index (χ3n) is 4.08. The highest BCUT2D eigenvalue weighted by molar-refractivity contribution is 7.91. The Kier molecular flexibility index (Phi) is 3.97. The molecule has 1 aliphatic heterocycles. The Morgan fingerprint density at radius 1 is 1.30 bits per heavy atom. The number of rotatable bonds is 4. The summed E-state index contributed by atoms with van der Waals surface area (Å²) in [7, 11) is -3.58. The van der Waals surface area contributed by atoms with Gasteiger partial charge < -0.3 is 9.42 Å². The zero-order valence-electron chi connectivity index (χ0n) is 13.1. The van der Waals surface area contributed by atoms with Crippen molar-refractivity contribution < 1.29 is 17.7 Å². The van der Waals surface area contributed by atoms with Gasteiger partial charge in [0.1, 0.15) is 11.5 Å². The lowest BCUT2D eigenvalue weighted by Crippen LogP contribution is -2.34. The van der Waals surface area contributed by atoms with Crippen LogP contribution in [0.2, 0.25) is 0 Å². The van der Waals surface area contributed by atoms with Gasteiger partial charge >= 0.3 is 0 Å². The van der Waals surface area contributed by atoms with Gasteiger partial charge in [-0.25, -0.2) is 8.42 Å². The number of hydrogen-bond donors (Lipinski definition) is 0. The van der Waals surface area contributed by atoms with Crippen LogP contribution in [0.4, 0.5) is 5.69 Å². The number of hydrogen-bond acceptors (Lipinski definition) is 5. The van der Waals surface area contributed by atoms with Gasteiger partial charge in [-0.3, -0.25) is 4.79 Å². The fourth-order valence-electron chi connectivity index (χ4n) is 2.84. The summed E-state index contributed by atoms with van der Waals surface area (Å²) in [6.07, 6.45) is 0.756. The van der Waals surface area contributed by atoms with Gasteiger partial charge in [0.05, 0.1) is 11.4 Å². The van der Waals surface area contributed by atoms with E-state index in [4.69, 9.17) is 4.52 Å². The van der Waals surface area contributed by atoms with E-state index in [-0.39, 0.29) is 11.7 Å². The molecule has 1 aromatic heterocycles. The van der Waals surface area contributed by atoms with E-state index >= 15 is 0 Å². The Labute approximate surface area is 135 Å². The van der Waals surface area contributed by atoms with Crippen LogP contribution in [0, 0.1) is 13.8 Å². The molecule has 0 saturated heterocycles. The summed E-state index contributed by atoms with van der Waals surface area (Å²) in [4.78, 5) is 14.0. The van der Waals surface area contributed by atoms with Crippen LogP contribution < -0.4 is 4.90 Å². The number of benzene rings is 1. The van der Waals surface area contributed by atoms with E-state index in [1.54, 1.807) is 18.7 Å². The Morgan fingerprint density at radius 2 is 2.04 bits per heavy atom. The monoisotopic (exact) mass is 334 g/mol. The lowest BCUT2D eigenvalue weighted by atomic mass is 10.2. The topological polar surface area (TPSA) is 80.5 Å². The van der Waals surface area contributed by atoms with Crippen LogP contribution >= 0.6 is 0 Å². The van der Waals surface area contributed by atoms with Crippen molar-refractivity contribution >= 4 is 21.4 Å². The van der Waals surface area contributed by atoms with Crippen molar-refractivity contribution in [3.63, 3.8) is 0 Å². The summed E-state index contributed by atoms with van der Waals surface area (Å²) >= 11 is 0. The lowest BCUT2D eigenvalue weighted by molar-refractivity contribution is -0.116. The predicted molar refractivity (Wildman–Crippen MR) is 86.0 cm³/mol. The average Bonchev–Trinajstić information content (AvgIpc) is 3.05. The quantitative estimate of drug-likeness (QED) is 0.851. The molecule has 23 heavy (non-hydrogen) atoms. The largest absolute Gasteiger partial charge is 0.361 e. The van der Waals surface area contributed by atoms with Crippen molar-refractivity contribution in [1.82, 2.24) is 5.16 Å². The third kappa shape index (κ3) is 3.14. The van der Waals surface area contributed by atoms with Crippen LogP contribution in [-0.4, -0.2) is 31.8 Å². The molecule has 1 aliphatic rings. The Hall–Kier alpha value is -2.15. The van der Waals surface area contributed by atoms with Gasteiger partial charge in [-0.15, -0.1) is 0 Å². The Morgan fingerprint density at radius 3 is 2.74 bits per heavy atom. The van der Waals surface area contributed by atoms with E-state index in [0.717, 1.165) is 17.7 Å². The highest BCUT2D eigenvalue weighted by Gasteiger charge is 2.29. The molecule has 0 aliphatic carbocycles. The van der Waals surface area contributed by atoms with Gasteiger partial charge in [0.2, 0.25) is 5.91 Å². The molecule has 0 atom stereocenters. The second-order valence-electron chi connectivity index (χ2n) is 5.76. The summed E-state index contributed by atoms with van der Waals surface area (Å²) in [6.45, 7) is 3.89. The molecule has 0 N–H and O–H groups in total. The van der Waals surface area contributed by atoms with Gasteiger partial charge in [0.25, 0.3) is 0 Å². The molecule has 0 saturated carbocycles. The van der Waals surface area contributed by atoms with Crippen molar-refractivity contribution in [2.75, 3.05) is 17.2 Å². The number of amides is 1. The zero-order chi connectivity index (χ0) is 16.6.